The van der Waals surface area contributed by atoms with Crippen molar-refractivity contribution in [1.82, 2.24) is 5.32 Å². The van der Waals surface area contributed by atoms with E-state index in [1.807, 2.05) is 13.8 Å². The molecule has 1 aliphatic heterocycles. The highest BCUT2D eigenvalue weighted by Gasteiger charge is 2.35. The summed E-state index contributed by atoms with van der Waals surface area (Å²) in [7, 11) is 0. The first-order valence-corrected chi connectivity index (χ1v) is 7.71. The van der Waals surface area contributed by atoms with Gasteiger partial charge in [0.05, 0.1) is 0 Å². The first-order valence-electron chi connectivity index (χ1n) is 7.71. The normalized spacial score (nSPS) is 28.2. The maximum atomic E-state index is 3.75. The molecule has 1 heteroatoms. The topological polar surface area (TPSA) is 12.0 Å². The molecule has 1 saturated heterocycles. The third-order valence-electron chi connectivity index (χ3n) is 4.19. The summed E-state index contributed by atoms with van der Waals surface area (Å²) < 4.78 is 0. The Hall–Kier alpha value is -0.0400. The number of nitrogens with one attached hydrogen (secondary N) is 1. The van der Waals surface area contributed by atoms with E-state index < -0.39 is 0 Å². The average molecular weight is 241 g/mol. The lowest BCUT2D eigenvalue weighted by Gasteiger charge is -2.43. The molecule has 0 bridgehead atoms. The van der Waals surface area contributed by atoms with E-state index in [9.17, 15) is 0 Å². The summed E-state index contributed by atoms with van der Waals surface area (Å²) in [5.41, 5.74) is 0.503. The summed E-state index contributed by atoms with van der Waals surface area (Å²) in [6.07, 6.45) is 5.39. The standard InChI is InChI=1S/C14H29N.C2H6/c1-6-14(5,10-11(2)3)13-9-12(4)7-8-15-13;1-2/h11-13,15H,6-10H2,1-5H3;1-2H3. The first kappa shape index (κ1) is 17.0. The van der Waals surface area contributed by atoms with Crippen LogP contribution in [0, 0.1) is 17.3 Å². The molecule has 1 fully saturated rings. The predicted molar refractivity (Wildman–Crippen MR) is 79.4 cm³/mol. The summed E-state index contributed by atoms with van der Waals surface area (Å²) in [4.78, 5) is 0. The summed E-state index contributed by atoms with van der Waals surface area (Å²) in [6, 6.07) is 0.744. The lowest BCUT2D eigenvalue weighted by atomic mass is 9.70. The molecule has 104 valence electrons. The van der Waals surface area contributed by atoms with Gasteiger partial charge in [-0.2, -0.15) is 0 Å². The van der Waals surface area contributed by atoms with E-state index in [4.69, 9.17) is 0 Å². The third kappa shape index (κ3) is 5.42. The SMILES string of the molecule is CC.CCC(C)(CC(C)C)C1CC(C)CCN1. The van der Waals surface area contributed by atoms with Gasteiger partial charge in [-0.3, -0.25) is 0 Å². The van der Waals surface area contributed by atoms with Crippen LogP contribution in [-0.4, -0.2) is 12.6 Å². The van der Waals surface area contributed by atoms with Crippen LogP contribution in [0.2, 0.25) is 0 Å². The molecule has 0 spiro atoms. The predicted octanol–water partition coefficient (Wildman–Crippen LogP) is 4.86. The molecular formula is C16H35N. The van der Waals surface area contributed by atoms with E-state index in [0.29, 0.717) is 5.41 Å². The minimum Gasteiger partial charge on any atom is -0.313 e. The van der Waals surface area contributed by atoms with Gasteiger partial charge < -0.3 is 5.32 Å². The maximum absolute atomic E-state index is 3.75. The van der Waals surface area contributed by atoms with Gasteiger partial charge in [0.1, 0.15) is 0 Å². The van der Waals surface area contributed by atoms with Gasteiger partial charge >= 0.3 is 0 Å². The second-order valence-corrected chi connectivity index (χ2v) is 6.24. The van der Waals surface area contributed by atoms with E-state index >= 15 is 0 Å². The number of hydrogen-bond donors (Lipinski definition) is 1. The van der Waals surface area contributed by atoms with Crippen LogP contribution >= 0.6 is 0 Å². The van der Waals surface area contributed by atoms with Crippen LogP contribution in [0.1, 0.15) is 74.1 Å². The molecule has 3 atom stereocenters. The Morgan fingerprint density at radius 3 is 2.29 bits per heavy atom. The number of rotatable bonds is 4. The molecule has 1 rings (SSSR count). The molecule has 0 aromatic carbocycles. The van der Waals surface area contributed by atoms with Crippen molar-refractivity contribution < 1.29 is 0 Å². The summed E-state index contributed by atoms with van der Waals surface area (Å²) >= 11 is 0. The van der Waals surface area contributed by atoms with Crippen LogP contribution in [0.15, 0.2) is 0 Å². The van der Waals surface area contributed by atoms with Crippen molar-refractivity contribution in [3.05, 3.63) is 0 Å². The molecule has 0 amide bonds. The molecule has 3 unspecified atom stereocenters. The average Bonchev–Trinajstić information content (AvgIpc) is 2.30. The van der Waals surface area contributed by atoms with Crippen LogP contribution in [0.25, 0.3) is 0 Å². The van der Waals surface area contributed by atoms with Gasteiger partial charge in [0.25, 0.3) is 0 Å². The Balaban J connectivity index is 0.00000121. The molecule has 17 heavy (non-hydrogen) atoms. The number of piperidine rings is 1. The van der Waals surface area contributed by atoms with Crippen molar-refractivity contribution in [2.75, 3.05) is 6.54 Å². The molecule has 1 N–H and O–H groups in total. The van der Waals surface area contributed by atoms with Crippen molar-refractivity contribution in [3.8, 4) is 0 Å². The minimum atomic E-state index is 0.503. The fraction of sp³-hybridized carbons (Fsp3) is 1.00. The molecule has 0 saturated carbocycles. The summed E-state index contributed by atoms with van der Waals surface area (Å²) in [6.45, 7) is 17.1. The zero-order valence-electron chi connectivity index (χ0n) is 13.3. The van der Waals surface area contributed by atoms with E-state index in [0.717, 1.165) is 17.9 Å². The van der Waals surface area contributed by atoms with Gasteiger partial charge in [0.2, 0.25) is 0 Å². The summed E-state index contributed by atoms with van der Waals surface area (Å²) in [5, 5.41) is 3.75. The van der Waals surface area contributed by atoms with Crippen LogP contribution in [0.3, 0.4) is 0 Å². The lowest BCUT2D eigenvalue weighted by molar-refractivity contribution is 0.123. The van der Waals surface area contributed by atoms with E-state index in [1.54, 1.807) is 0 Å². The van der Waals surface area contributed by atoms with Crippen LogP contribution in [0.4, 0.5) is 0 Å². The second-order valence-electron chi connectivity index (χ2n) is 6.24. The highest BCUT2D eigenvalue weighted by atomic mass is 14.9. The molecule has 1 aliphatic rings. The maximum Gasteiger partial charge on any atom is 0.0123 e. The Labute approximate surface area is 110 Å². The molecule has 0 radical (unpaired) electrons. The fourth-order valence-corrected chi connectivity index (χ4v) is 3.10. The summed E-state index contributed by atoms with van der Waals surface area (Å²) in [5.74, 6) is 1.73. The number of hydrogen-bond acceptors (Lipinski definition) is 1. The molecule has 0 aromatic rings. The van der Waals surface area contributed by atoms with Crippen molar-refractivity contribution in [2.24, 2.45) is 17.3 Å². The Morgan fingerprint density at radius 1 is 1.29 bits per heavy atom. The molecular weight excluding hydrogens is 206 g/mol. The van der Waals surface area contributed by atoms with Gasteiger partial charge in [-0.25, -0.2) is 0 Å². The molecule has 0 aromatic heterocycles. The molecule has 1 heterocycles. The molecule has 1 nitrogen and oxygen atoms in total. The lowest BCUT2D eigenvalue weighted by Crippen LogP contribution is -2.48. The monoisotopic (exact) mass is 241 g/mol. The fourth-order valence-electron chi connectivity index (χ4n) is 3.10. The van der Waals surface area contributed by atoms with Gasteiger partial charge in [0, 0.05) is 6.04 Å². The van der Waals surface area contributed by atoms with Crippen LogP contribution in [0.5, 0.6) is 0 Å². The van der Waals surface area contributed by atoms with Gasteiger partial charge in [-0.1, -0.05) is 48.5 Å². The first-order chi connectivity index (χ1) is 7.98. The van der Waals surface area contributed by atoms with Gasteiger partial charge in [-0.05, 0) is 49.5 Å². The Bertz CT molecular complexity index is 188. The Morgan fingerprint density at radius 2 is 1.88 bits per heavy atom. The zero-order valence-corrected chi connectivity index (χ0v) is 13.3. The highest BCUT2D eigenvalue weighted by molar-refractivity contribution is 4.91. The second kappa shape index (κ2) is 8.13. The highest BCUT2D eigenvalue weighted by Crippen LogP contribution is 2.37. The van der Waals surface area contributed by atoms with Crippen molar-refractivity contribution in [1.29, 1.82) is 0 Å². The van der Waals surface area contributed by atoms with Crippen LogP contribution < -0.4 is 5.32 Å². The van der Waals surface area contributed by atoms with E-state index in [-0.39, 0.29) is 0 Å². The third-order valence-corrected chi connectivity index (χ3v) is 4.19. The van der Waals surface area contributed by atoms with Crippen LogP contribution in [-0.2, 0) is 0 Å². The van der Waals surface area contributed by atoms with E-state index in [1.165, 1.54) is 32.2 Å². The Kier molecular flexibility index (Phi) is 8.11. The largest absolute Gasteiger partial charge is 0.313 e. The zero-order chi connectivity index (χ0) is 13.5. The van der Waals surface area contributed by atoms with Gasteiger partial charge in [0.15, 0.2) is 0 Å². The van der Waals surface area contributed by atoms with Crippen molar-refractivity contribution in [3.63, 3.8) is 0 Å². The van der Waals surface area contributed by atoms with E-state index in [2.05, 4.69) is 39.9 Å². The van der Waals surface area contributed by atoms with Crippen molar-refractivity contribution in [2.45, 2.75) is 80.2 Å². The smallest absolute Gasteiger partial charge is 0.0123 e. The van der Waals surface area contributed by atoms with Gasteiger partial charge in [-0.15, -0.1) is 0 Å². The quantitative estimate of drug-likeness (QED) is 0.741. The van der Waals surface area contributed by atoms with Crippen molar-refractivity contribution >= 4 is 0 Å². The minimum absolute atomic E-state index is 0.503. The molecule has 0 aliphatic carbocycles.